The minimum absolute atomic E-state index is 0.0557. The van der Waals surface area contributed by atoms with Crippen LogP contribution in [0.2, 0.25) is 0 Å². The number of hydrogen-bond acceptors (Lipinski definition) is 6. The molecule has 1 fully saturated rings. The van der Waals surface area contributed by atoms with E-state index in [1.807, 2.05) is 31.1 Å². The normalized spacial score (nSPS) is 16.6. The maximum absolute atomic E-state index is 12.5. The third-order valence-corrected chi connectivity index (χ3v) is 6.07. The van der Waals surface area contributed by atoms with E-state index in [2.05, 4.69) is 15.0 Å². The lowest BCUT2D eigenvalue weighted by Gasteiger charge is -2.13. The van der Waals surface area contributed by atoms with E-state index in [4.69, 9.17) is 4.74 Å². The third-order valence-electron chi connectivity index (χ3n) is 4.65. The summed E-state index contributed by atoms with van der Waals surface area (Å²) in [7, 11) is 0.0980. The van der Waals surface area contributed by atoms with E-state index >= 15 is 0 Å². The Labute approximate surface area is 171 Å². The van der Waals surface area contributed by atoms with Crippen molar-refractivity contribution in [1.82, 2.24) is 15.0 Å². The van der Waals surface area contributed by atoms with Gasteiger partial charge < -0.3 is 15.0 Å². The topological polar surface area (TPSA) is 101 Å². The van der Waals surface area contributed by atoms with Crippen molar-refractivity contribution < 1.29 is 17.9 Å². The monoisotopic (exact) mass is 418 g/mol. The summed E-state index contributed by atoms with van der Waals surface area (Å²) in [6.45, 7) is 1.19. The number of amides is 1. The van der Waals surface area contributed by atoms with Gasteiger partial charge >= 0.3 is 0 Å². The van der Waals surface area contributed by atoms with Gasteiger partial charge in [-0.15, -0.1) is 0 Å². The fourth-order valence-corrected chi connectivity index (χ4v) is 4.08. The highest BCUT2D eigenvalue weighted by Gasteiger charge is 2.21. The molecule has 0 radical (unpaired) electrons. The lowest BCUT2D eigenvalue weighted by Crippen LogP contribution is -2.32. The molecule has 2 aromatic rings. The number of nitrogens with one attached hydrogen (secondary N) is 2. The summed E-state index contributed by atoms with van der Waals surface area (Å²) in [4.78, 5) is 18.7. The molecule has 0 spiro atoms. The molecular formula is C20H26N4O4S. The van der Waals surface area contributed by atoms with Gasteiger partial charge in [0.2, 0.25) is 10.0 Å². The van der Waals surface area contributed by atoms with Gasteiger partial charge in [0.05, 0.1) is 11.0 Å². The number of sulfonamides is 1. The van der Waals surface area contributed by atoms with Crippen LogP contribution in [-0.2, 0) is 21.3 Å². The van der Waals surface area contributed by atoms with Gasteiger partial charge in [0.1, 0.15) is 5.82 Å². The molecular weight excluding hydrogens is 392 g/mol. The first-order valence-electron chi connectivity index (χ1n) is 9.47. The summed E-state index contributed by atoms with van der Waals surface area (Å²) in [6, 6.07) is 9.75. The molecule has 29 heavy (non-hydrogen) atoms. The average molecular weight is 419 g/mol. The lowest BCUT2D eigenvalue weighted by atomic mass is 10.2. The van der Waals surface area contributed by atoms with E-state index in [9.17, 15) is 13.2 Å². The fraction of sp³-hybridized carbons (Fsp3) is 0.400. The predicted octanol–water partition coefficient (Wildman–Crippen LogP) is 1.53. The van der Waals surface area contributed by atoms with E-state index in [-0.39, 0.29) is 29.0 Å². The Hall–Kier alpha value is -2.49. The molecule has 1 aliphatic rings. The van der Waals surface area contributed by atoms with Gasteiger partial charge in [-0.2, -0.15) is 0 Å². The van der Waals surface area contributed by atoms with Crippen molar-refractivity contribution in [3.8, 4) is 0 Å². The molecule has 1 saturated heterocycles. The zero-order chi connectivity index (χ0) is 20.9. The Morgan fingerprint density at radius 1 is 1.28 bits per heavy atom. The molecule has 9 heteroatoms. The molecule has 2 heterocycles. The second-order valence-electron chi connectivity index (χ2n) is 7.12. The number of carbonyl (C=O) groups excluding carboxylic acids is 1. The molecule has 156 valence electrons. The highest BCUT2D eigenvalue weighted by atomic mass is 32.2. The third kappa shape index (κ3) is 5.75. The van der Waals surface area contributed by atoms with Crippen LogP contribution in [0.25, 0.3) is 0 Å². The Bertz CT molecular complexity index is 939. The van der Waals surface area contributed by atoms with Crippen molar-refractivity contribution in [1.29, 1.82) is 0 Å². The summed E-state index contributed by atoms with van der Waals surface area (Å²) in [6.07, 6.45) is 3.39. The second-order valence-corrected chi connectivity index (χ2v) is 8.88. The smallest absolute Gasteiger partial charge is 0.251 e. The van der Waals surface area contributed by atoms with Gasteiger partial charge in [-0.3, -0.25) is 4.79 Å². The predicted molar refractivity (Wildman–Crippen MR) is 110 cm³/mol. The number of pyridine rings is 1. The summed E-state index contributed by atoms with van der Waals surface area (Å²) in [5, 5.41) is 2.79. The molecule has 1 amide bonds. The maximum Gasteiger partial charge on any atom is 0.251 e. The van der Waals surface area contributed by atoms with Crippen LogP contribution < -0.4 is 14.9 Å². The highest BCUT2D eigenvalue weighted by molar-refractivity contribution is 7.89. The quantitative estimate of drug-likeness (QED) is 0.674. The highest BCUT2D eigenvalue weighted by Crippen LogP contribution is 2.15. The average Bonchev–Trinajstić information content (AvgIpc) is 3.25. The van der Waals surface area contributed by atoms with E-state index in [1.54, 1.807) is 18.3 Å². The molecule has 3 rings (SSSR count). The number of benzene rings is 1. The van der Waals surface area contributed by atoms with Gasteiger partial charge in [-0.05, 0) is 42.7 Å². The van der Waals surface area contributed by atoms with Crippen molar-refractivity contribution in [2.75, 3.05) is 32.1 Å². The minimum Gasteiger partial charge on any atom is -0.377 e. The zero-order valence-corrected chi connectivity index (χ0v) is 17.4. The van der Waals surface area contributed by atoms with Crippen molar-refractivity contribution in [3.05, 3.63) is 53.7 Å². The molecule has 0 aliphatic carbocycles. The molecule has 1 unspecified atom stereocenters. The Kier molecular flexibility index (Phi) is 6.83. The van der Waals surface area contributed by atoms with Crippen LogP contribution in [0.3, 0.4) is 0 Å². The van der Waals surface area contributed by atoms with E-state index < -0.39 is 10.0 Å². The number of nitrogens with zero attached hydrogens (tertiary/aromatic N) is 2. The number of aromatic nitrogens is 1. The molecule has 1 aromatic heterocycles. The number of carbonyl (C=O) groups is 1. The molecule has 1 aliphatic heterocycles. The number of hydrogen-bond donors (Lipinski definition) is 2. The molecule has 1 aromatic carbocycles. The largest absolute Gasteiger partial charge is 0.377 e. The zero-order valence-electron chi connectivity index (χ0n) is 16.6. The molecule has 8 nitrogen and oxygen atoms in total. The van der Waals surface area contributed by atoms with Crippen LogP contribution in [0.1, 0.15) is 28.8 Å². The van der Waals surface area contributed by atoms with Crippen molar-refractivity contribution in [2.45, 2.75) is 30.4 Å². The Balaban J connectivity index is 1.61. The van der Waals surface area contributed by atoms with Crippen LogP contribution in [0.5, 0.6) is 0 Å². The van der Waals surface area contributed by atoms with E-state index in [0.29, 0.717) is 13.2 Å². The Morgan fingerprint density at radius 2 is 2.10 bits per heavy atom. The summed E-state index contributed by atoms with van der Waals surface area (Å²) < 4.78 is 33.0. The molecule has 0 bridgehead atoms. The van der Waals surface area contributed by atoms with Crippen LogP contribution in [0.15, 0.2) is 47.5 Å². The van der Waals surface area contributed by atoms with Crippen LogP contribution in [-0.4, -0.2) is 52.7 Å². The molecule has 2 N–H and O–H groups in total. The van der Waals surface area contributed by atoms with E-state index in [1.165, 1.54) is 12.1 Å². The van der Waals surface area contributed by atoms with Crippen LogP contribution in [0.4, 0.5) is 5.82 Å². The summed E-state index contributed by atoms with van der Waals surface area (Å²) in [5.41, 5.74) is 1.13. The Morgan fingerprint density at radius 3 is 2.76 bits per heavy atom. The number of anilines is 1. The van der Waals surface area contributed by atoms with Gasteiger partial charge in [-0.25, -0.2) is 18.1 Å². The molecule has 0 saturated carbocycles. The van der Waals surface area contributed by atoms with Crippen LogP contribution in [0, 0.1) is 0 Å². The first kappa shape index (κ1) is 21.2. The maximum atomic E-state index is 12.5. The molecule has 1 atom stereocenters. The van der Waals surface area contributed by atoms with Crippen molar-refractivity contribution in [3.63, 3.8) is 0 Å². The van der Waals surface area contributed by atoms with Gasteiger partial charge in [-0.1, -0.05) is 12.1 Å². The fourth-order valence-electron chi connectivity index (χ4n) is 2.97. The first-order chi connectivity index (χ1) is 13.8. The summed E-state index contributed by atoms with van der Waals surface area (Å²) in [5.74, 6) is 0.478. The van der Waals surface area contributed by atoms with Crippen molar-refractivity contribution >= 4 is 21.7 Å². The van der Waals surface area contributed by atoms with Crippen LogP contribution >= 0.6 is 0 Å². The lowest BCUT2D eigenvalue weighted by molar-refractivity contribution is 0.0950. The van der Waals surface area contributed by atoms with Crippen molar-refractivity contribution in [2.24, 2.45) is 0 Å². The first-order valence-corrected chi connectivity index (χ1v) is 11.0. The minimum atomic E-state index is -3.71. The van der Waals surface area contributed by atoms with E-state index in [0.717, 1.165) is 24.2 Å². The second kappa shape index (κ2) is 9.34. The van der Waals surface area contributed by atoms with Gasteiger partial charge in [0, 0.05) is 45.6 Å². The number of rotatable bonds is 8. The summed E-state index contributed by atoms with van der Waals surface area (Å²) >= 11 is 0. The SMILES string of the molecule is CN(C)c1ccc(CNC(=O)c2cccc(S(=O)(=O)NCC3CCCO3)c2)cn1. The standard InChI is InChI=1S/C20H26N4O4S/c1-24(2)19-9-8-15(12-21-19)13-22-20(25)16-5-3-7-18(11-16)29(26,27)23-14-17-6-4-10-28-17/h3,5,7-9,11-12,17,23H,4,6,10,13-14H2,1-2H3,(H,22,25). The van der Waals surface area contributed by atoms with Gasteiger partial charge in [0.25, 0.3) is 5.91 Å². The number of ether oxygens (including phenoxy) is 1. The van der Waals surface area contributed by atoms with Gasteiger partial charge in [0.15, 0.2) is 0 Å².